The molecule has 1 saturated heterocycles. The van der Waals surface area contributed by atoms with Gasteiger partial charge in [-0.2, -0.15) is 0 Å². The van der Waals surface area contributed by atoms with Gasteiger partial charge in [0.1, 0.15) is 0 Å². The van der Waals surface area contributed by atoms with Crippen LogP contribution in [0.4, 0.5) is 0 Å². The van der Waals surface area contributed by atoms with Crippen molar-refractivity contribution in [1.29, 1.82) is 0 Å². The number of aryl methyl sites for hydroxylation is 1. The standard InChI is InChI=1S/C18H27N3O2/c1-15-11-16(13-19-12-15)6-7-18(23)20-8-2-3-9-21-10-4-5-17(21)14-22/h6-7,11-13,17,22H,2-5,8-10,14H2,1H3,(H,20,23)/b7-6+. The Morgan fingerprint density at radius 2 is 2.35 bits per heavy atom. The van der Waals surface area contributed by atoms with Gasteiger partial charge in [-0.25, -0.2) is 0 Å². The fourth-order valence-corrected chi connectivity index (χ4v) is 2.95. The van der Waals surface area contributed by atoms with Gasteiger partial charge in [0.2, 0.25) is 5.91 Å². The Morgan fingerprint density at radius 1 is 1.48 bits per heavy atom. The van der Waals surface area contributed by atoms with Crippen molar-refractivity contribution in [2.75, 3.05) is 26.2 Å². The lowest BCUT2D eigenvalue weighted by Crippen LogP contribution is -2.33. The van der Waals surface area contributed by atoms with Crippen LogP contribution < -0.4 is 5.32 Å². The number of nitrogens with one attached hydrogen (secondary N) is 1. The Labute approximate surface area is 138 Å². The van der Waals surface area contributed by atoms with E-state index in [2.05, 4.69) is 15.2 Å². The molecule has 1 aromatic heterocycles. The maximum Gasteiger partial charge on any atom is 0.243 e. The fourth-order valence-electron chi connectivity index (χ4n) is 2.95. The molecule has 0 radical (unpaired) electrons. The van der Waals surface area contributed by atoms with Crippen molar-refractivity contribution >= 4 is 12.0 Å². The third-order valence-electron chi connectivity index (χ3n) is 4.20. The van der Waals surface area contributed by atoms with Gasteiger partial charge in [0.05, 0.1) is 6.61 Å². The Balaban J connectivity index is 1.60. The molecule has 5 nitrogen and oxygen atoms in total. The lowest BCUT2D eigenvalue weighted by atomic mass is 10.2. The average molecular weight is 317 g/mol. The van der Waals surface area contributed by atoms with E-state index in [1.54, 1.807) is 24.5 Å². The highest BCUT2D eigenvalue weighted by molar-refractivity contribution is 5.91. The summed E-state index contributed by atoms with van der Waals surface area (Å²) in [7, 11) is 0. The number of aromatic nitrogens is 1. The molecule has 1 aliphatic rings. The van der Waals surface area contributed by atoms with Crippen molar-refractivity contribution < 1.29 is 9.90 Å². The van der Waals surface area contributed by atoms with Gasteiger partial charge >= 0.3 is 0 Å². The smallest absolute Gasteiger partial charge is 0.243 e. The summed E-state index contributed by atoms with van der Waals surface area (Å²) < 4.78 is 0. The summed E-state index contributed by atoms with van der Waals surface area (Å²) in [4.78, 5) is 18.2. The first kappa shape index (κ1) is 17.6. The summed E-state index contributed by atoms with van der Waals surface area (Å²) >= 11 is 0. The van der Waals surface area contributed by atoms with E-state index in [-0.39, 0.29) is 12.5 Å². The molecule has 1 unspecified atom stereocenters. The predicted octanol–water partition coefficient (Wildman–Crippen LogP) is 1.76. The molecule has 23 heavy (non-hydrogen) atoms. The number of aliphatic hydroxyl groups excluding tert-OH is 1. The molecule has 1 aromatic rings. The van der Waals surface area contributed by atoms with Crippen LogP contribution in [0.1, 0.15) is 36.8 Å². The summed E-state index contributed by atoms with van der Waals surface area (Å²) in [5.41, 5.74) is 2.01. The highest BCUT2D eigenvalue weighted by Gasteiger charge is 2.22. The molecule has 1 atom stereocenters. The molecule has 2 heterocycles. The van der Waals surface area contributed by atoms with E-state index in [4.69, 9.17) is 0 Å². The monoisotopic (exact) mass is 317 g/mol. The van der Waals surface area contributed by atoms with Crippen LogP contribution in [0.5, 0.6) is 0 Å². The first-order chi connectivity index (χ1) is 11.2. The van der Waals surface area contributed by atoms with Crippen molar-refractivity contribution in [3.8, 4) is 0 Å². The summed E-state index contributed by atoms with van der Waals surface area (Å²) in [6.45, 7) is 5.02. The average Bonchev–Trinajstić information content (AvgIpc) is 3.00. The van der Waals surface area contributed by atoms with Crippen LogP contribution in [0.15, 0.2) is 24.5 Å². The second-order valence-corrected chi connectivity index (χ2v) is 6.14. The van der Waals surface area contributed by atoms with Crippen molar-refractivity contribution in [2.45, 2.75) is 38.6 Å². The minimum absolute atomic E-state index is 0.0686. The van der Waals surface area contributed by atoms with Crippen LogP contribution in [0.2, 0.25) is 0 Å². The SMILES string of the molecule is Cc1cncc(/C=C/C(=O)NCCCCN2CCCC2CO)c1. The third-order valence-corrected chi connectivity index (χ3v) is 4.20. The molecule has 0 spiro atoms. The number of pyridine rings is 1. The van der Waals surface area contributed by atoms with Crippen LogP contribution in [0.3, 0.4) is 0 Å². The second-order valence-electron chi connectivity index (χ2n) is 6.14. The van der Waals surface area contributed by atoms with E-state index in [0.29, 0.717) is 12.6 Å². The first-order valence-corrected chi connectivity index (χ1v) is 8.41. The molecule has 0 aliphatic carbocycles. The Kier molecular flexibility index (Phi) is 7.23. The zero-order chi connectivity index (χ0) is 16.5. The van der Waals surface area contributed by atoms with Gasteiger partial charge < -0.3 is 10.4 Å². The van der Waals surface area contributed by atoms with E-state index in [9.17, 15) is 9.90 Å². The zero-order valence-electron chi connectivity index (χ0n) is 13.9. The first-order valence-electron chi connectivity index (χ1n) is 8.41. The molecular weight excluding hydrogens is 290 g/mol. The molecule has 5 heteroatoms. The number of carbonyl (C=O) groups excluding carboxylic acids is 1. The molecule has 1 aliphatic heterocycles. The summed E-state index contributed by atoms with van der Waals surface area (Å²) in [5, 5.41) is 12.2. The van der Waals surface area contributed by atoms with Crippen molar-refractivity contribution in [1.82, 2.24) is 15.2 Å². The maximum absolute atomic E-state index is 11.8. The number of rotatable bonds is 8. The predicted molar refractivity (Wildman–Crippen MR) is 91.9 cm³/mol. The second kappa shape index (κ2) is 9.43. The van der Waals surface area contributed by atoms with Crippen LogP contribution in [0, 0.1) is 6.92 Å². The minimum atomic E-state index is -0.0686. The highest BCUT2D eigenvalue weighted by atomic mass is 16.3. The fraction of sp³-hybridized carbons (Fsp3) is 0.556. The van der Waals surface area contributed by atoms with Gasteiger partial charge in [-0.05, 0) is 69.0 Å². The molecule has 0 aromatic carbocycles. The summed E-state index contributed by atoms with van der Waals surface area (Å²) in [5.74, 6) is -0.0686. The highest BCUT2D eigenvalue weighted by Crippen LogP contribution is 2.16. The third kappa shape index (κ3) is 6.12. The van der Waals surface area contributed by atoms with Gasteiger partial charge in [0.25, 0.3) is 0 Å². The summed E-state index contributed by atoms with van der Waals surface area (Å²) in [6, 6.07) is 2.33. The van der Waals surface area contributed by atoms with Gasteiger partial charge in [-0.1, -0.05) is 0 Å². The lowest BCUT2D eigenvalue weighted by molar-refractivity contribution is -0.116. The van der Waals surface area contributed by atoms with Crippen LogP contribution >= 0.6 is 0 Å². The molecule has 1 amide bonds. The van der Waals surface area contributed by atoms with Crippen LogP contribution in [-0.4, -0.2) is 53.2 Å². The topological polar surface area (TPSA) is 65.5 Å². The maximum atomic E-state index is 11.8. The number of unbranched alkanes of at least 4 members (excludes halogenated alkanes) is 1. The molecule has 126 valence electrons. The number of nitrogens with zero attached hydrogens (tertiary/aromatic N) is 2. The van der Waals surface area contributed by atoms with Crippen LogP contribution in [0.25, 0.3) is 6.08 Å². The van der Waals surface area contributed by atoms with Crippen molar-refractivity contribution in [3.05, 3.63) is 35.7 Å². The number of carbonyl (C=O) groups is 1. The summed E-state index contributed by atoms with van der Waals surface area (Å²) in [6.07, 6.45) is 11.2. The van der Waals surface area contributed by atoms with E-state index >= 15 is 0 Å². The molecule has 2 N–H and O–H groups in total. The van der Waals surface area contributed by atoms with Gasteiger partial charge in [0, 0.05) is 31.1 Å². The Bertz CT molecular complexity index is 531. The normalized spacial score (nSPS) is 18.6. The Hall–Kier alpha value is -1.72. The van der Waals surface area contributed by atoms with E-state index in [0.717, 1.165) is 43.5 Å². The molecule has 0 bridgehead atoms. The largest absolute Gasteiger partial charge is 0.395 e. The van der Waals surface area contributed by atoms with Crippen molar-refractivity contribution in [3.63, 3.8) is 0 Å². The molecule has 2 rings (SSSR count). The van der Waals surface area contributed by atoms with E-state index < -0.39 is 0 Å². The van der Waals surface area contributed by atoms with Gasteiger partial charge in [-0.15, -0.1) is 0 Å². The molecular formula is C18H27N3O2. The number of aliphatic hydroxyl groups is 1. The minimum Gasteiger partial charge on any atom is -0.395 e. The zero-order valence-corrected chi connectivity index (χ0v) is 13.9. The Morgan fingerprint density at radius 3 is 3.13 bits per heavy atom. The molecule has 0 saturated carbocycles. The number of hydrogen-bond acceptors (Lipinski definition) is 4. The number of hydrogen-bond donors (Lipinski definition) is 2. The van der Waals surface area contributed by atoms with Gasteiger partial charge in [-0.3, -0.25) is 14.7 Å². The van der Waals surface area contributed by atoms with E-state index in [1.165, 1.54) is 6.42 Å². The quantitative estimate of drug-likeness (QED) is 0.566. The number of amides is 1. The van der Waals surface area contributed by atoms with E-state index in [1.807, 2.05) is 13.0 Å². The molecule has 1 fully saturated rings. The van der Waals surface area contributed by atoms with Crippen molar-refractivity contribution in [2.24, 2.45) is 0 Å². The van der Waals surface area contributed by atoms with Crippen LogP contribution in [-0.2, 0) is 4.79 Å². The van der Waals surface area contributed by atoms with Gasteiger partial charge in [0.15, 0.2) is 0 Å². The number of likely N-dealkylation sites (tertiary alicyclic amines) is 1. The lowest BCUT2D eigenvalue weighted by Gasteiger charge is -2.22.